The zero-order chi connectivity index (χ0) is 21.9. The largest absolute Gasteiger partial charge is 0.480 e. The Balaban J connectivity index is 1.82. The fraction of sp³-hybridized carbons (Fsp3) is 0.286. The van der Waals surface area contributed by atoms with E-state index in [4.69, 9.17) is 0 Å². The molecule has 0 unspecified atom stereocenters. The minimum Gasteiger partial charge on any atom is -0.480 e. The summed E-state index contributed by atoms with van der Waals surface area (Å²) in [5, 5.41) is 11.9. The van der Waals surface area contributed by atoms with Gasteiger partial charge >= 0.3 is 5.97 Å². The van der Waals surface area contributed by atoms with E-state index in [0.717, 1.165) is 5.56 Å². The molecule has 2 N–H and O–H groups in total. The first-order chi connectivity index (χ1) is 14.2. The van der Waals surface area contributed by atoms with Gasteiger partial charge in [0, 0.05) is 12.8 Å². The van der Waals surface area contributed by atoms with Crippen molar-refractivity contribution in [3.8, 4) is 0 Å². The molecule has 2 amide bonds. The highest BCUT2D eigenvalue weighted by Gasteiger charge is 2.44. The van der Waals surface area contributed by atoms with E-state index in [2.05, 4.69) is 5.32 Å². The molecule has 0 aliphatic carbocycles. The highest BCUT2D eigenvalue weighted by atomic mass is 32.2. The number of carbonyl (C=O) groups excluding carboxylic acids is 2. The number of sulfonamides is 1. The third kappa shape index (κ3) is 4.51. The standard InChI is InChI=1S/C21H22N2O6S/c1-14-7-9-16(10-8-14)30(28,29)23-18(11-12-19(23)24)20(25)22-17(21(26)27)13-15-5-3-2-4-6-15/h2-10,17-18H,11-13H2,1H3,(H,22,25)(H,26,27)/t17-,18-/m0/s1. The topological polar surface area (TPSA) is 121 Å². The number of carbonyl (C=O) groups is 3. The van der Waals surface area contributed by atoms with Gasteiger partial charge in [-0.25, -0.2) is 17.5 Å². The number of benzene rings is 2. The van der Waals surface area contributed by atoms with Crippen LogP contribution in [0.1, 0.15) is 24.0 Å². The highest BCUT2D eigenvalue weighted by molar-refractivity contribution is 7.89. The fourth-order valence-corrected chi connectivity index (χ4v) is 4.94. The number of hydrogen-bond donors (Lipinski definition) is 2. The number of hydrogen-bond acceptors (Lipinski definition) is 5. The predicted molar refractivity (Wildman–Crippen MR) is 108 cm³/mol. The van der Waals surface area contributed by atoms with Crippen LogP contribution in [0, 0.1) is 6.92 Å². The number of aliphatic carboxylic acids is 1. The van der Waals surface area contributed by atoms with Crippen LogP contribution in [-0.4, -0.2) is 47.7 Å². The Hall–Kier alpha value is -3.20. The molecular weight excluding hydrogens is 408 g/mol. The summed E-state index contributed by atoms with van der Waals surface area (Å²) in [6.07, 6.45) is -0.0830. The summed E-state index contributed by atoms with van der Waals surface area (Å²) in [4.78, 5) is 36.7. The Morgan fingerprint density at radius 3 is 2.37 bits per heavy atom. The summed E-state index contributed by atoms with van der Waals surface area (Å²) in [6.45, 7) is 1.80. The molecule has 2 aromatic rings. The van der Waals surface area contributed by atoms with E-state index < -0.39 is 39.9 Å². The molecule has 0 saturated carbocycles. The summed E-state index contributed by atoms with van der Waals surface area (Å²) < 4.78 is 26.6. The number of rotatable bonds is 7. The SMILES string of the molecule is Cc1ccc(S(=O)(=O)N2C(=O)CC[C@H]2C(=O)N[C@@H](Cc2ccccc2)C(=O)O)cc1. The maximum Gasteiger partial charge on any atom is 0.326 e. The lowest BCUT2D eigenvalue weighted by molar-refractivity contribution is -0.142. The van der Waals surface area contributed by atoms with Crippen LogP contribution in [0.3, 0.4) is 0 Å². The van der Waals surface area contributed by atoms with Gasteiger partial charge < -0.3 is 10.4 Å². The molecule has 0 bridgehead atoms. The van der Waals surface area contributed by atoms with Crippen molar-refractivity contribution in [2.24, 2.45) is 0 Å². The van der Waals surface area contributed by atoms with Crippen LogP contribution in [0.2, 0.25) is 0 Å². The molecule has 0 radical (unpaired) electrons. The summed E-state index contributed by atoms with van der Waals surface area (Å²) in [5.41, 5.74) is 1.55. The van der Waals surface area contributed by atoms with Crippen LogP contribution in [-0.2, 0) is 30.8 Å². The third-order valence-electron chi connectivity index (χ3n) is 4.94. The molecule has 0 aromatic heterocycles. The number of nitrogens with one attached hydrogen (secondary N) is 1. The molecule has 8 nitrogen and oxygen atoms in total. The van der Waals surface area contributed by atoms with Crippen LogP contribution in [0.5, 0.6) is 0 Å². The zero-order valence-corrected chi connectivity index (χ0v) is 17.1. The molecule has 158 valence electrons. The van der Waals surface area contributed by atoms with Crippen molar-refractivity contribution in [1.29, 1.82) is 0 Å². The van der Waals surface area contributed by atoms with Crippen molar-refractivity contribution in [2.45, 2.75) is 43.2 Å². The molecule has 30 heavy (non-hydrogen) atoms. The first-order valence-corrected chi connectivity index (χ1v) is 10.8. The Morgan fingerprint density at radius 1 is 1.13 bits per heavy atom. The molecule has 1 saturated heterocycles. The molecule has 1 fully saturated rings. The smallest absolute Gasteiger partial charge is 0.326 e. The quantitative estimate of drug-likeness (QED) is 0.687. The molecule has 1 aliphatic heterocycles. The van der Waals surface area contributed by atoms with E-state index >= 15 is 0 Å². The molecule has 9 heteroatoms. The Morgan fingerprint density at radius 2 is 1.77 bits per heavy atom. The number of carboxylic acid groups (broad SMARTS) is 1. The lowest BCUT2D eigenvalue weighted by Gasteiger charge is -2.25. The molecule has 1 heterocycles. The van der Waals surface area contributed by atoms with Crippen LogP contribution in [0.25, 0.3) is 0 Å². The van der Waals surface area contributed by atoms with Gasteiger partial charge in [-0.15, -0.1) is 0 Å². The summed E-state index contributed by atoms with van der Waals surface area (Å²) in [5.74, 6) is -2.74. The molecule has 0 spiro atoms. The van der Waals surface area contributed by atoms with Crippen LogP contribution in [0.15, 0.2) is 59.5 Å². The highest BCUT2D eigenvalue weighted by Crippen LogP contribution is 2.27. The maximum absolute atomic E-state index is 13.0. The van der Waals surface area contributed by atoms with Gasteiger partial charge in [-0.2, -0.15) is 0 Å². The van der Waals surface area contributed by atoms with Gasteiger partial charge in [0.1, 0.15) is 12.1 Å². The van der Waals surface area contributed by atoms with Crippen molar-refractivity contribution < 1.29 is 27.9 Å². The van der Waals surface area contributed by atoms with E-state index in [1.54, 1.807) is 49.4 Å². The Labute approximate surface area is 174 Å². The fourth-order valence-electron chi connectivity index (χ4n) is 3.34. The zero-order valence-electron chi connectivity index (χ0n) is 16.3. The summed E-state index contributed by atoms with van der Waals surface area (Å²) in [6, 6.07) is 12.2. The van der Waals surface area contributed by atoms with Crippen LogP contribution in [0.4, 0.5) is 0 Å². The van der Waals surface area contributed by atoms with Gasteiger partial charge in [0.05, 0.1) is 4.90 Å². The van der Waals surface area contributed by atoms with Crippen molar-refractivity contribution in [1.82, 2.24) is 9.62 Å². The molecule has 2 aromatic carbocycles. The maximum atomic E-state index is 13.0. The summed E-state index contributed by atoms with van der Waals surface area (Å²) >= 11 is 0. The van der Waals surface area contributed by atoms with E-state index in [1.807, 2.05) is 0 Å². The van der Waals surface area contributed by atoms with Gasteiger partial charge in [0.15, 0.2) is 0 Å². The van der Waals surface area contributed by atoms with Crippen LogP contribution >= 0.6 is 0 Å². The van der Waals surface area contributed by atoms with Gasteiger partial charge in [0.2, 0.25) is 11.8 Å². The number of carboxylic acids is 1. The number of nitrogens with zero attached hydrogens (tertiary/aromatic N) is 1. The average Bonchev–Trinajstić information content (AvgIpc) is 3.11. The van der Waals surface area contributed by atoms with E-state index in [9.17, 15) is 27.9 Å². The number of aryl methyl sites for hydroxylation is 1. The van der Waals surface area contributed by atoms with Gasteiger partial charge in [-0.3, -0.25) is 9.59 Å². The lowest BCUT2D eigenvalue weighted by atomic mass is 10.1. The van der Waals surface area contributed by atoms with Crippen molar-refractivity contribution in [3.05, 3.63) is 65.7 Å². The minimum absolute atomic E-state index is 0.00651. The van der Waals surface area contributed by atoms with E-state index in [-0.39, 0.29) is 24.2 Å². The Kier molecular flexibility index (Phi) is 6.21. The molecule has 3 rings (SSSR count). The molecular formula is C21H22N2O6S. The monoisotopic (exact) mass is 430 g/mol. The van der Waals surface area contributed by atoms with E-state index in [0.29, 0.717) is 9.87 Å². The first-order valence-electron chi connectivity index (χ1n) is 9.41. The van der Waals surface area contributed by atoms with Gasteiger partial charge in [-0.1, -0.05) is 48.0 Å². The normalized spacial score (nSPS) is 17.6. The van der Waals surface area contributed by atoms with Crippen molar-refractivity contribution >= 4 is 27.8 Å². The minimum atomic E-state index is -4.24. The second-order valence-corrected chi connectivity index (χ2v) is 8.97. The lowest BCUT2D eigenvalue weighted by Crippen LogP contribution is -2.52. The second kappa shape index (κ2) is 8.66. The first kappa shape index (κ1) is 21.5. The van der Waals surface area contributed by atoms with Gasteiger partial charge in [0.25, 0.3) is 10.0 Å². The van der Waals surface area contributed by atoms with Crippen LogP contribution < -0.4 is 5.32 Å². The second-order valence-electron chi connectivity index (χ2n) is 7.15. The molecule has 1 aliphatic rings. The van der Waals surface area contributed by atoms with Crippen molar-refractivity contribution in [3.63, 3.8) is 0 Å². The number of amides is 2. The van der Waals surface area contributed by atoms with E-state index in [1.165, 1.54) is 12.1 Å². The van der Waals surface area contributed by atoms with Gasteiger partial charge in [-0.05, 0) is 31.0 Å². The summed E-state index contributed by atoms with van der Waals surface area (Å²) in [7, 11) is -4.24. The third-order valence-corrected chi connectivity index (χ3v) is 6.78. The average molecular weight is 430 g/mol. The Bertz CT molecular complexity index is 1050. The predicted octanol–water partition coefficient (Wildman–Crippen LogP) is 1.49. The molecule has 2 atom stereocenters. The van der Waals surface area contributed by atoms with Crippen molar-refractivity contribution in [2.75, 3.05) is 0 Å².